The van der Waals surface area contributed by atoms with E-state index < -0.39 is 0 Å². The summed E-state index contributed by atoms with van der Waals surface area (Å²) in [5, 5.41) is 5.17. The molecule has 0 fully saturated rings. The lowest BCUT2D eigenvalue weighted by atomic mass is 10.0. The molecule has 1 atom stereocenters. The van der Waals surface area contributed by atoms with Crippen LogP contribution in [0.1, 0.15) is 39.2 Å². The van der Waals surface area contributed by atoms with Gasteiger partial charge in [0.2, 0.25) is 5.91 Å². The fourth-order valence-corrected chi connectivity index (χ4v) is 2.84. The summed E-state index contributed by atoms with van der Waals surface area (Å²) in [7, 11) is 0. The first kappa shape index (κ1) is 18.1. The van der Waals surface area contributed by atoms with Gasteiger partial charge in [0, 0.05) is 24.4 Å². The lowest BCUT2D eigenvalue weighted by Gasteiger charge is -2.26. The van der Waals surface area contributed by atoms with Crippen LogP contribution in [-0.4, -0.2) is 35.7 Å². The number of oxime groups is 1. The summed E-state index contributed by atoms with van der Waals surface area (Å²) in [6.07, 6.45) is 1.46. The van der Waals surface area contributed by atoms with E-state index in [1.54, 1.807) is 12.1 Å². The molecule has 0 radical (unpaired) electrons. The number of carbonyl (C=O) groups is 1. The van der Waals surface area contributed by atoms with Crippen molar-refractivity contribution >= 4 is 34.8 Å². The number of amides is 1. The smallest absolute Gasteiger partial charge is 0.225 e. The normalized spacial score (nSPS) is 17.1. The topological polar surface area (TPSA) is 41.9 Å². The van der Waals surface area contributed by atoms with Gasteiger partial charge in [0.25, 0.3) is 0 Å². The predicted octanol–water partition coefficient (Wildman–Crippen LogP) is 4.38. The van der Waals surface area contributed by atoms with Crippen LogP contribution >= 0.6 is 23.2 Å². The molecule has 0 aliphatic carbocycles. The van der Waals surface area contributed by atoms with E-state index in [1.807, 2.05) is 24.8 Å². The van der Waals surface area contributed by atoms with E-state index in [1.165, 1.54) is 0 Å². The number of nitrogens with zero attached hydrogens (tertiary/aromatic N) is 2. The van der Waals surface area contributed by atoms with Crippen molar-refractivity contribution in [2.24, 2.45) is 11.1 Å². The molecule has 0 aromatic heterocycles. The quantitative estimate of drug-likeness (QED) is 0.758. The molecule has 0 saturated heterocycles. The second kappa shape index (κ2) is 8.02. The first-order valence-electron chi connectivity index (χ1n) is 7.89. The molecule has 1 aromatic rings. The summed E-state index contributed by atoms with van der Waals surface area (Å²) in [4.78, 5) is 19.6. The van der Waals surface area contributed by atoms with Gasteiger partial charge < -0.3 is 9.74 Å². The van der Waals surface area contributed by atoms with Crippen molar-refractivity contribution in [1.29, 1.82) is 0 Å². The molecule has 1 aromatic carbocycles. The van der Waals surface area contributed by atoms with E-state index in [2.05, 4.69) is 12.1 Å². The van der Waals surface area contributed by atoms with Crippen LogP contribution in [0.25, 0.3) is 0 Å². The zero-order valence-electron chi connectivity index (χ0n) is 13.7. The Morgan fingerprint density at radius 3 is 2.74 bits per heavy atom. The maximum absolute atomic E-state index is 12.3. The van der Waals surface area contributed by atoms with Gasteiger partial charge in [-0.25, -0.2) is 0 Å². The molecule has 0 bridgehead atoms. The second-order valence-electron chi connectivity index (χ2n) is 6.04. The maximum Gasteiger partial charge on any atom is 0.225 e. The zero-order chi connectivity index (χ0) is 17.0. The van der Waals surface area contributed by atoms with Crippen molar-refractivity contribution in [3.05, 3.63) is 33.8 Å². The van der Waals surface area contributed by atoms with Crippen molar-refractivity contribution < 1.29 is 9.63 Å². The predicted molar refractivity (Wildman–Crippen MR) is 94.2 cm³/mol. The van der Waals surface area contributed by atoms with E-state index in [0.29, 0.717) is 23.0 Å². The van der Waals surface area contributed by atoms with Crippen molar-refractivity contribution in [2.45, 2.75) is 39.7 Å². The molecule has 0 spiro atoms. The molecular weight excluding hydrogens is 335 g/mol. The van der Waals surface area contributed by atoms with Gasteiger partial charge in [0.1, 0.15) is 0 Å². The van der Waals surface area contributed by atoms with Crippen LogP contribution in [0.5, 0.6) is 0 Å². The summed E-state index contributed by atoms with van der Waals surface area (Å²) < 4.78 is 0. The minimum atomic E-state index is -0.117. The molecule has 1 aliphatic rings. The number of hydrogen-bond donors (Lipinski definition) is 0. The monoisotopic (exact) mass is 356 g/mol. The largest absolute Gasteiger partial charge is 0.390 e. The molecule has 4 nitrogen and oxygen atoms in total. The Morgan fingerprint density at radius 2 is 2.13 bits per heavy atom. The molecule has 126 valence electrons. The van der Waals surface area contributed by atoms with E-state index in [-0.39, 0.29) is 17.9 Å². The van der Waals surface area contributed by atoms with Crippen molar-refractivity contribution in [3.8, 4) is 0 Å². The van der Waals surface area contributed by atoms with E-state index in [4.69, 9.17) is 28.0 Å². The van der Waals surface area contributed by atoms with Gasteiger partial charge in [-0.1, -0.05) is 55.2 Å². The highest BCUT2D eigenvalue weighted by atomic mass is 35.5. The SMILES string of the molecule is CCCN(CC1CC(c2ccc(Cl)c(Cl)c2)=NO1)C(=O)C(C)C. The minimum absolute atomic E-state index is 0.0154. The Labute approximate surface area is 147 Å². The highest BCUT2D eigenvalue weighted by molar-refractivity contribution is 6.42. The van der Waals surface area contributed by atoms with Gasteiger partial charge >= 0.3 is 0 Å². The third-order valence-corrected chi connectivity index (χ3v) is 4.45. The molecule has 1 aliphatic heterocycles. The molecule has 2 rings (SSSR count). The van der Waals surface area contributed by atoms with Crippen LogP contribution < -0.4 is 0 Å². The Balaban J connectivity index is 2.00. The van der Waals surface area contributed by atoms with Gasteiger partial charge in [-0.15, -0.1) is 0 Å². The standard InChI is InChI=1S/C17H22Cl2N2O2/c1-4-7-21(17(22)11(2)3)10-13-9-16(20-23-13)12-5-6-14(18)15(19)8-12/h5-6,8,11,13H,4,7,9-10H2,1-3H3. The van der Waals surface area contributed by atoms with E-state index in [9.17, 15) is 4.79 Å². The molecule has 1 unspecified atom stereocenters. The lowest BCUT2D eigenvalue weighted by Crippen LogP contribution is -2.40. The summed E-state index contributed by atoms with van der Waals surface area (Å²) >= 11 is 12.0. The van der Waals surface area contributed by atoms with Gasteiger partial charge in [-0.3, -0.25) is 4.79 Å². The lowest BCUT2D eigenvalue weighted by molar-refractivity contribution is -0.136. The van der Waals surface area contributed by atoms with Crippen LogP contribution in [0.2, 0.25) is 10.0 Å². The highest BCUT2D eigenvalue weighted by Gasteiger charge is 2.27. The average Bonchev–Trinajstić information content (AvgIpc) is 2.97. The Bertz CT molecular complexity index is 602. The van der Waals surface area contributed by atoms with Crippen molar-refractivity contribution in [2.75, 3.05) is 13.1 Å². The fraction of sp³-hybridized carbons (Fsp3) is 0.529. The van der Waals surface area contributed by atoms with Gasteiger partial charge in [0.05, 0.1) is 22.3 Å². The number of rotatable bonds is 6. The molecule has 6 heteroatoms. The summed E-state index contributed by atoms with van der Waals surface area (Å²) in [5.74, 6) is 0.136. The van der Waals surface area contributed by atoms with Crippen molar-refractivity contribution in [1.82, 2.24) is 4.90 Å². The Morgan fingerprint density at radius 1 is 1.39 bits per heavy atom. The molecule has 0 N–H and O–H groups in total. The maximum atomic E-state index is 12.3. The van der Waals surface area contributed by atoms with Crippen LogP contribution in [0.3, 0.4) is 0 Å². The summed E-state index contributed by atoms with van der Waals surface area (Å²) in [6.45, 7) is 7.18. The van der Waals surface area contributed by atoms with E-state index >= 15 is 0 Å². The number of benzene rings is 1. The second-order valence-corrected chi connectivity index (χ2v) is 6.85. The van der Waals surface area contributed by atoms with Crippen LogP contribution in [0.15, 0.2) is 23.4 Å². The summed E-state index contributed by atoms with van der Waals surface area (Å²) in [6, 6.07) is 5.42. The van der Waals surface area contributed by atoms with Crippen LogP contribution in [0.4, 0.5) is 0 Å². The highest BCUT2D eigenvalue weighted by Crippen LogP contribution is 2.25. The third kappa shape index (κ3) is 4.61. The van der Waals surface area contributed by atoms with Gasteiger partial charge in [-0.05, 0) is 18.6 Å². The Kier molecular flexibility index (Phi) is 6.31. The number of hydrogen-bond acceptors (Lipinski definition) is 3. The first-order valence-corrected chi connectivity index (χ1v) is 8.64. The third-order valence-electron chi connectivity index (χ3n) is 3.71. The van der Waals surface area contributed by atoms with Gasteiger partial charge in [-0.2, -0.15) is 0 Å². The Hall–Kier alpha value is -1.26. The summed E-state index contributed by atoms with van der Waals surface area (Å²) in [5.41, 5.74) is 1.74. The van der Waals surface area contributed by atoms with Crippen LogP contribution in [0, 0.1) is 5.92 Å². The number of carbonyl (C=O) groups excluding carboxylic acids is 1. The number of halogens is 2. The average molecular weight is 357 g/mol. The molecule has 1 amide bonds. The van der Waals surface area contributed by atoms with Crippen LogP contribution in [-0.2, 0) is 9.63 Å². The van der Waals surface area contributed by atoms with E-state index in [0.717, 1.165) is 24.2 Å². The molecule has 23 heavy (non-hydrogen) atoms. The first-order chi connectivity index (χ1) is 10.9. The van der Waals surface area contributed by atoms with Gasteiger partial charge in [0.15, 0.2) is 6.10 Å². The minimum Gasteiger partial charge on any atom is -0.390 e. The zero-order valence-corrected chi connectivity index (χ0v) is 15.2. The van der Waals surface area contributed by atoms with Crippen molar-refractivity contribution in [3.63, 3.8) is 0 Å². The fourth-order valence-electron chi connectivity index (χ4n) is 2.54. The molecule has 1 heterocycles. The molecule has 0 saturated carbocycles. The molecular formula is C17H22Cl2N2O2.